The van der Waals surface area contributed by atoms with Crippen LogP contribution in [0.5, 0.6) is 0 Å². The van der Waals surface area contributed by atoms with Crippen LogP contribution in [0.1, 0.15) is 11.3 Å². The Morgan fingerprint density at radius 1 is 1.12 bits per heavy atom. The van der Waals surface area contributed by atoms with E-state index in [9.17, 15) is 4.79 Å². The SMILES string of the molecule is Cc1nn(C)c(Cl)c1CN1CCN(C(=O)CN2CCOCC2)CC1. The van der Waals surface area contributed by atoms with Crippen LogP contribution in [0.4, 0.5) is 0 Å². The number of aryl methyl sites for hydroxylation is 2. The Hall–Kier alpha value is -1.15. The van der Waals surface area contributed by atoms with Crippen LogP contribution < -0.4 is 0 Å². The summed E-state index contributed by atoms with van der Waals surface area (Å²) in [4.78, 5) is 18.9. The molecule has 0 aliphatic carbocycles. The van der Waals surface area contributed by atoms with E-state index in [0.717, 1.165) is 70.3 Å². The average Bonchev–Trinajstić information content (AvgIpc) is 2.83. The van der Waals surface area contributed by atoms with Crippen molar-refractivity contribution in [3.05, 3.63) is 16.4 Å². The average molecular weight is 356 g/mol. The molecule has 2 aliphatic rings. The monoisotopic (exact) mass is 355 g/mol. The van der Waals surface area contributed by atoms with E-state index in [-0.39, 0.29) is 5.91 Å². The molecule has 24 heavy (non-hydrogen) atoms. The van der Waals surface area contributed by atoms with Crippen LogP contribution in [0, 0.1) is 6.92 Å². The first kappa shape index (κ1) is 17.7. The Labute approximate surface area is 148 Å². The van der Waals surface area contributed by atoms with Gasteiger partial charge in [0.2, 0.25) is 5.91 Å². The second-order valence-electron chi connectivity index (χ2n) is 6.52. The van der Waals surface area contributed by atoms with Gasteiger partial charge in [-0.05, 0) is 6.92 Å². The van der Waals surface area contributed by atoms with Gasteiger partial charge in [0, 0.05) is 58.4 Å². The summed E-state index contributed by atoms with van der Waals surface area (Å²) in [5.41, 5.74) is 2.07. The van der Waals surface area contributed by atoms with Crippen LogP contribution in [0.2, 0.25) is 5.15 Å². The Kier molecular flexibility index (Phi) is 5.76. The number of rotatable bonds is 4. The van der Waals surface area contributed by atoms with Crippen LogP contribution in [0.15, 0.2) is 0 Å². The predicted octanol–water partition coefficient (Wildman–Crippen LogP) is 0.358. The number of halogens is 1. The highest BCUT2D eigenvalue weighted by molar-refractivity contribution is 6.30. The number of morpholine rings is 1. The largest absolute Gasteiger partial charge is 0.379 e. The first-order valence-corrected chi connectivity index (χ1v) is 8.90. The van der Waals surface area contributed by atoms with Crippen molar-refractivity contribution in [3.63, 3.8) is 0 Å². The van der Waals surface area contributed by atoms with Crippen molar-refractivity contribution in [1.29, 1.82) is 0 Å². The third kappa shape index (κ3) is 4.08. The number of hydrogen-bond acceptors (Lipinski definition) is 5. The van der Waals surface area contributed by atoms with Gasteiger partial charge in [0.1, 0.15) is 5.15 Å². The lowest BCUT2D eigenvalue weighted by atomic mass is 10.2. The fraction of sp³-hybridized carbons (Fsp3) is 0.750. The lowest BCUT2D eigenvalue weighted by molar-refractivity contribution is -0.135. The molecule has 3 heterocycles. The topological polar surface area (TPSA) is 53.8 Å². The Morgan fingerprint density at radius 2 is 1.79 bits per heavy atom. The van der Waals surface area contributed by atoms with E-state index in [1.807, 2.05) is 18.9 Å². The van der Waals surface area contributed by atoms with Crippen molar-refractivity contribution in [2.24, 2.45) is 7.05 Å². The third-order valence-electron chi connectivity index (χ3n) is 4.84. The number of piperazine rings is 1. The second kappa shape index (κ2) is 7.82. The molecule has 2 aliphatic heterocycles. The molecule has 134 valence electrons. The first-order chi connectivity index (χ1) is 11.5. The van der Waals surface area contributed by atoms with Gasteiger partial charge in [-0.15, -0.1) is 0 Å². The molecular formula is C16H26ClN5O2. The minimum absolute atomic E-state index is 0.229. The van der Waals surface area contributed by atoms with E-state index in [1.54, 1.807) is 4.68 Å². The van der Waals surface area contributed by atoms with E-state index in [2.05, 4.69) is 14.9 Å². The van der Waals surface area contributed by atoms with Gasteiger partial charge in [-0.2, -0.15) is 5.10 Å². The van der Waals surface area contributed by atoms with Gasteiger partial charge >= 0.3 is 0 Å². The molecule has 1 amide bonds. The molecule has 0 unspecified atom stereocenters. The molecule has 0 saturated carbocycles. The van der Waals surface area contributed by atoms with E-state index in [4.69, 9.17) is 16.3 Å². The summed E-state index contributed by atoms with van der Waals surface area (Å²) < 4.78 is 7.04. The van der Waals surface area contributed by atoms with Crippen molar-refractivity contribution in [3.8, 4) is 0 Å². The second-order valence-corrected chi connectivity index (χ2v) is 6.88. The summed E-state index contributed by atoms with van der Waals surface area (Å²) in [6, 6.07) is 0. The maximum atomic E-state index is 12.4. The molecule has 0 radical (unpaired) electrons. The number of carbonyl (C=O) groups excluding carboxylic acids is 1. The van der Waals surface area contributed by atoms with Crippen molar-refractivity contribution in [1.82, 2.24) is 24.5 Å². The van der Waals surface area contributed by atoms with Crippen molar-refractivity contribution < 1.29 is 9.53 Å². The fourth-order valence-electron chi connectivity index (χ4n) is 3.28. The van der Waals surface area contributed by atoms with E-state index in [0.29, 0.717) is 11.7 Å². The Bertz CT molecular complexity index is 577. The molecule has 2 saturated heterocycles. The predicted molar refractivity (Wildman–Crippen MR) is 92.1 cm³/mol. The summed E-state index contributed by atoms with van der Waals surface area (Å²) in [6.07, 6.45) is 0. The van der Waals surface area contributed by atoms with Gasteiger partial charge in [-0.3, -0.25) is 19.3 Å². The molecule has 8 heteroatoms. The highest BCUT2D eigenvalue weighted by Crippen LogP contribution is 2.21. The van der Waals surface area contributed by atoms with Gasteiger partial charge in [0.25, 0.3) is 0 Å². The Balaban J connectivity index is 1.47. The molecule has 1 aromatic rings. The van der Waals surface area contributed by atoms with E-state index >= 15 is 0 Å². The minimum atomic E-state index is 0.229. The zero-order chi connectivity index (χ0) is 17.1. The summed E-state index contributed by atoms with van der Waals surface area (Å²) in [5.74, 6) is 0.229. The quantitative estimate of drug-likeness (QED) is 0.780. The number of ether oxygens (including phenoxy) is 1. The molecule has 7 nitrogen and oxygen atoms in total. The molecule has 0 bridgehead atoms. The number of amides is 1. The van der Waals surface area contributed by atoms with Crippen molar-refractivity contribution in [2.75, 3.05) is 59.0 Å². The van der Waals surface area contributed by atoms with E-state index < -0.39 is 0 Å². The third-order valence-corrected chi connectivity index (χ3v) is 5.31. The number of aromatic nitrogens is 2. The number of carbonyl (C=O) groups is 1. The minimum Gasteiger partial charge on any atom is -0.379 e. The van der Waals surface area contributed by atoms with Crippen LogP contribution in [-0.2, 0) is 23.1 Å². The molecular weight excluding hydrogens is 330 g/mol. The number of nitrogens with zero attached hydrogens (tertiary/aromatic N) is 5. The maximum Gasteiger partial charge on any atom is 0.236 e. The molecule has 2 fully saturated rings. The summed E-state index contributed by atoms with van der Waals surface area (Å²) in [6.45, 7) is 9.76. The van der Waals surface area contributed by atoms with Crippen LogP contribution in [-0.4, -0.2) is 89.4 Å². The van der Waals surface area contributed by atoms with Gasteiger partial charge in [-0.25, -0.2) is 0 Å². The molecule has 0 spiro atoms. The fourth-order valence-corrected chi connectivity index (χ4v) is 3.52. The number of hydrogen-bond donors (Lipinski definition) is 0. The molecule has 0 atom stereocenters. The molecule has 1 aromatic heterocycles. The molecule has 0 N–H and O–H groups in total. The van der Waals surface area contributed by atoms with Crippen LogP contribution in [0.25, 0.3) is 0 Å². The van der Waals surface area contributed by atoms with E-state index in [1.165, 1.54) is 0 Å². The van der Waals surface area contributed by atoms with Gasteiger partial charge in [-0.1, -0.05) is 11.6 Å². The highest BCUT2D eigenvalue weighted by atomic mass is 35.5. The summed E-state index contributed by atoms with van der Waals surface area (Å²) in [7, 11) is 1.86. The highest BCUT2D eigenvalue weighted by Gasteiger charge is 2.24. The zero-order valence-electron chi connectivity index (χ0n) is 14.5. The summed E-state index contributed by atoms with van der Waals surface area (Å²) in [5, 5.41) is 5.07. The van der Waals surface area contributed by atoms with Gasteiger partial charge < -0.3 is 9.64 Å². The van der Waals surface area contributed by atoms with Crippen molar-refractivity contribution >= 4 is 17.5 Å². The zero-order valence-corrected chi connectivity index (χ0v) is 15.3. The summed E-state index contributed by atoms with van der Waals surface area (Å²) >= 11 is 6.31. The molecule has 0 aromatic carbocycles. The van der Waals surface area contributed by atoms with Gasteiger partial charge in [0.15, 0.2) is 0 Å². The van der Waals surface area contributed by atoms with Gasteiger partial charge in [0.05, 0.1) is 25.5 Å². The van der Waals surface area contributed by atoms with Crippen LogP contribution >= 0.6 is 11.6 Å². The Morgan fingerprint density at radius 3 is 2.38 bits per heavy atom. The standard InChI is InChI=1S/C16H26ClN5O2/c1-13-14(16(17)19(2)18-13)11-20-3-5-22(6-4-20)15(23)12-21-7-9-24-10-8-21/h3-12H2,1-2H3. The maximum absolute atomic E-state index is 12.4. The lowest BCUT2D eigenvalue weighted by Crippen LogP contribution is -2.52. The smallest absolute Gasteiger partial charge is 0.236 e. The first-order valence-electron chi connectivity index (χ1n) is 8.53. The van der Waals surface area contributed by atoms with Crippen LogP contribution in [0.3, 0.4) is 0 Å². The normalized spacial score (nSPS) is 20.5. The lowest BCUT2D eigenvalue weighted by Gasteiger charge is -2.36. The molecule has 3 rings (SSSR count). The van der Waals surface area contributed by atoms with Crippen molar-refractivity contribution in [2.45, 2.75) is 13.5 Å².